The van der Waals surface area contributed by atoms with Crippen molar-refractivity contribution in [1.29, 1.82) is 0 Å². The molecule has 1 rings (SSSR count). The molecule has 94 valence electrons. The van der Waals surface area contributed by atoms with Crippen molar-refractivity contribution >= 4 is 5.97 Å². The molecule has 1 N–H and O–H groups in total. The molecular formula is C12H23NO3. The van der Waals surface area contributed by atoms with E-state index in [0.29, 0.717) is 12.6 Å². The van der Waals surface area contributed by atoms with E-state index in [1.54, 1.807) is 6.92 Å². The molecule has 1 fully saturated rings. The van der Waals surface area contributed by atoms with Gasteiger partial charge in [-0.1, -0.05) is 13.3 Å². The molecule has 1 aliphatic rings. The summed E-state index contributed by atoms with van der Waals surface area (Å²) in [7, 11) is 0. The van der Waals surface area contributed by atoms with Gasteiger partial charge in [0.25, 0.3) is 0 Å². The molecule has 2 atom stereocenters. The van der Waals surface area contributed by atoms with Crippen molar-refractivity contribution in [2.75, 3.05) is 19.8 Å². The van der Waals surface area contributed by atoms with E-state index in [2.05, 4.69) is 12.2 Å². The molecule has 0 bridgehead atoms. The summed E-state index contributed by atoms with van der Waals surface area (Å²) in [6.07, 6.45) is 4.57. The molecule has 0 saturated carbocycles. The monoisotopic (exact) mass is 229 g/mol. The van der Waals surface area contributed by atoms with Gasteiger partial charge in [0.2, 0.25) is 0 Å². The second-order valence-electron chi connectivity index (χ2n) is 4.20. The fourth-order valence-electron chi connectivity index (χ4n) is 2.08. The summed E-state index contributed by atoms with van der Waals surface area (Å²) in [5.74, 6) is -0.256. The van der Waals surface area contributed by atoms with Crippen molar-refractivity contribution in [2.24, 2.45) is 0 Å². The summed E-state index contributed by atoms with van der Waals surface area (Å²) in [5.41, 5.74) is 0. The number of hydrogen-bond acceptors (Lipinski definition) is 4. The second-order valence-corrected chi connectivity index (χ2v) is 4.20. The van der Waals surface area contributed by atoms with Gasteiger partial charge in [-0.15, -0.1) is 0 Å². The Bertz CT molecular complexity index is 206. The second kappa shape index (κ2) is 7.63. The zero-order chi connectivity index (χ0) is 11.8. The maximum Gasteiger partial charge on any atom is 0.332 e. The molecule has 16 heavy (non-hydrogen) atoms. The number of esters is 1. The van der Waals surface area contributed by atoms with Gasteiger partial charge in [-0.25, -0.2) is 4.79 Å². The predicted molar refractivity (Wildman–Crippen MR) is 62.3 cm³/mol. The van der Waals surface area contributed by atoms with Crippen LogP contribution in [0.2, 0.25) is 0 Å². The van der Waals surface area contributed by atoms with Crippen LogP contribution in [0.1, 0.15) is 39.5 Å². The molecule has 0 spiro atoms. The summed E-state index contributed by atoms with van der Waals surface area (Å²) in [4.78, 5) is 11.1. The van der Waals surface area contributed by atoms with Gasteiger partial charge in [0.15, 0.2) is 0 Å². The predicted octanol–water partition coefficient (Wildman–Crippen LogP) is 1.49. The number of carbonyl (C=O) groups is 1. The summed E-state index contributed by atoms with van der Waals surface area (Å²) < 4.78 is 10.4. The molecule has 4 heteroatoms. The quantitative estimate of drug-likeness (QED) is 0.701. The van der Waals surface area contributed by atoms with E-state index < -0.39 is 0 Å². The van der Waals surface area contributed by atoms with Crippen molar-refractivity contribution in [1.82, 2.24) is 5.32 Å². The molecule has 0 aromatic carbocycles. The maximum atomic E-state index is 11.1. The molecule has 0 amide bonds. The lowest BCUT2D eigenvalue weighted by molar-refractivity contribution is -0.151. The van der Waals surface area contributed by atoms with Crippen LogP contribution in [0, 0.1) is 0 Å². The van der Waals surface area contributed by atoms with E-state index >= 15 is 0 Å². The number of rotatable bonds is 6. The SMILES string of the molecule is CCC[C@H]1C[C@@H](OCC(=O)OCC)CCN1. The number of ether oxygens (including phenoxy) is 2. The lowest BCUT2D eigenvalue weighted by Crippen LogP contribution is -2.41. The Morgan fingerprint density at radius 3 is 2.94 bits per heavy atom. The van der Waals surface area contributed by atoms with E-state index in [4.69, 9.17) is 9.47 Å². The highest BCUT2D eigenvalue weighted by Crippen LogP contribution is 2.15. The molecule has 1 saturated heterocycles. The van der Waals surface area contributed by atoms with Crippen LogP contribution in [0.4, 0.5) is 0 Å². The molecule has 4 nitrogen and oxygen atoms in total. The maximum absolute atomic E-state index is 11.1. The fourth-order valence-corrected chi connectivity index (χ4v) is 2.08. The van der Waals surface area contributed by atoms with E-state index in [0.717, 1.165) is 19.4 Å². The van der Waals surface area contributed by atoms with Gasteiger partial charge in [0.1, 0.15) is 6.61 Å². The van der Waals surface area contributed by atoms with Crippen LogP contribution in [-0.2, 0) is 14.3 Å². The minimum Gasteiger partial charge on any atom is -0.464 e. The minimum absolute atomic E-state index is 0.0946. The van der Waals surface area contributed by atoms with E-state index in [1.165, 1.54) is 12.8 Å². The van der Waals surface area contributed by atoms with Gasteiger partial charge in [-0.2, -0.15) is 0 Å². The van der Waals surface area contributed by atoms with Gasteiger partial charge >= 0.3 is 5.97 Å². The highest BCUT2D eigenvalue weighted by molar-refractivity contribution is 5.70. The van der Waals surface area contributed by atoms with Crippen molar-refractivity contribution in [3.8, 4) is 0 Å². The van der Waals surface area contributed by atoms with Crippen LogP contribution in [0.25, 0.3) is 0 Å². The third-order valence-electron chi connectivity index (χ3n) is 2.83. The van der Waals surface area contributed by atoms with Crippen LogP contribution in [-0.4, -0.2) is 37.9 Å². The largest absolute Gasteiger partial charge is 0.464 e. The zero-order valence-corrected chi connectivity index (χ0v) is 10.3. The lowest BCUT2D eigenvalue weighted by Gasteiger charge is -2.29. The first-order valence-corrected chi connectivity index (χ1v) is 6.26. The third kappa shape index (κ3) is 4.94. The normalized spacial score (nSPS) is 25.4. The Kier molecular flexibility index (Phi) is 6.42. The Labute approximate surface area is 97.7 Å². The minimum atomic E-state index is -0.256. The number of carbonyl (C=O) groups excluding carboxylic acids is 1. The molecule has 0 aliphatic carbocycles. The summed E-state index contributed by atoms with van der Waals surface area (Å²) >= 11 is 0. The van der Waals surface area contributed by atoms with Crippen molar-refractivity contribution in [3.63, 3.8) is 0 Å². The van der Waals surface area contributed by atoms with E-state index in [-0.39, 0.29) is 18.7 Å². The fraction of sp³-hybridized carbons (Fsp3) is 0.917. The molecule has 0 radical (unpaired) electrons. The van der Waals surface area contributed by atoms with Crippen LogP contribution >= 0.6 is 0 Å². The Morgan fingerprint density at radius 2 is 2.25 bits per heavy atom. The third-order valence-corrected chi connectivity index (χ3v) is 2.83. The van der Waals surface area contributed by atoms with Crippen LogP contribution < -0.4 is 5.32 Å². The summed E-state index contributed by atoms with van der Waals surface area (Å²) in [6.45, 7) is 5.49. The molecule has 1 heterocycles. The first-order chi connectivity index (χ1) is 7.76. The average Bonchev–Trinajstić information content (AvgIpc) is 2.28. The smallest absolute Gasteiger partial charge is 0.332 e. The van der Waals surface area contributed by atoms with Crippen molar-refractivity contribution in [3.05, 3.63) is 0 Å². The number of nitrogens with one attached hydrogen (secondary N) is 1. The highest BCUT2D eigenvalue weighted by atomic mass is 16.6. The Balaban J connectivity index is 2.18. The standard InChI is InChI=1S/C12H23NO3/c1-3-5-10-8-11(6-7-13-10)16-9-12(14)15-4-2/h10-11,13H,3-9H2,1-2H3/t10-,11-/m0/s1. The van der Waals surface area contributed by atoms with Crippen LogP contribution in [0.15, 0.2) is 0 Å². The highest BCUT2D eigenvalue weighted by Gasteiger charge is 2.22. The summed E-state index contributed by atoms with van der Waals surface area (Å²) in [6, 6.07) is 0.547. The van der Waals surface area contributed by atoms with Crippen molar-refractivity contribution < 1.29 is 14.3 Å². The number of hydrogen-bond donors (Lipinski definition) is 1. The lowest BCUT2D eigenvalue weighted by atomic mass is 9.98. The van der Waals surface area contributed by atoms with E-state index in [9.17, 15) is 4.79 Å². The molecule has 0 unspecified atom stereocenters. The Morgan fingerprint density at radius 1 is 1.44 bits per heavy atom. The average molecular weight is 229 g/mol. The van der Waals surface area contributed by atoms with E-state index in [1.807, 2.05) is 0 Å². The topological polar surface area (TPSA) is 47.6 Å². The van der Waals surface area contributed by atoms with Crippen molar-refractivity contribution in [2.45, 2.75) is 51.7 Å². The summed E-state index contributed by atoms with van der Waals surface area (Å²) in [5, 5.41) is 3.47. The van der Waals surface area contributed by atoms with Gasteiger partial charge in [0.05, 0.1) is 12.7 Å². The molecule has 1 aliphatic heterocycles. The zero-order valence-electron chi connectivity index (χ0n) is 10.3. The molecular weight excluding hydrogens is 206 g/mol. The number of piperidine rings is 1. The molecule has 0 aromatic heterocycles. The van der Waals surface area contributed by atoms with Gasteiger partial charge in [-0.05, 0) is 32.7 Å². The Hall–Kier alpha value is -0.610. The molecule has 0 aromatic rings. The first-order valence-electron chi connectivity index (χ1n) is 6.26. The van der Waals surface area contributed by atoms with Gasteiger partial charge in [0, 0.05) is 6.04 Å². The van der Waals surface area contributed by atoms with Gasteiger partial charge in [-0.3, -0.25) is 0 Å². The van der Waals surface area contributed by atoms with Gasteiger partial charge < -0.3 is 14.8 Å². The van der Waals surface area contributed by atoms with Crippen LogP contribution in [0.3, 0.4) is 0 Å². The first kappa shape index (κ1) is 13.5. The van der Waals surface area contributed by atoms with Crippen LogP contribution in [0.5, 0.6) is 0 Å².